The molecule has 0 aromatic heterocycles. The van der Waals surface area contributed by atoms with Gasteiger partial charge in [-0.1, -0.05) is 0 Å². The summed E-state index contributed by atoms with van der Waals surface area (Å²) in [6.45, 7) is 10.4. The van der Waals surface area contributed by atoms with Crippen molar-refractivity contribution < 1.29 is 14.3 Å². The molecule has 0 N–H and O–H groups in total. The van der Waals surface area contributed by atoms with Gasteiger partial charge >= 0.3 is 6.09 Å². The number of epoxide rings is 1. The van der Waals surface area contributed by atoms with Crippen molar-refractivity contribution >= 4 is 6.09 Å². The molecule has 2 fully saturated rings. The van der Waals surface area contributed by atoms with Gasteiger partial charge in [-0.15, -0.1) is 0 Å². The number of piperidine rings is 1. The summed E-state index contributed by atoms with van der Waals surface area (Å²) in [6.07, 6.45) is 3.15. The van der Waals surface area contributed by atoms with E-state index in [1.165, 1.54) is 6.42 Å². The van der Waals surface area contributed by atoms with Crippen LogP contribution in [0.25, 0.3) is 0 Å². The molecule has 2 saturated heterocycles. The number of carbonyl (C=O) groups is 1. The number of hydrogen-bond acceptors (Lipinski definition) is 3. The highest BCUT2D eigenvalue weighted by Crippen LogP contribution is 2.36. The minimum absolute atomic E-state index is 0.0849. The van der Waals surface area contributed by atoms with Gasteiger partial charge in [-0.3, -0.25) is 0 Å². The Labute approximate surface area is 110 Å². The predicted octanol–water partition coefficient (Wildman–Crippen LogP) is 2.81. The zero-order valence-electron chi connectivity index (χ0n) is 12.0. The van der Waals surface area contributed by atoms with Gasteiger partial charge in [0.2, 0.25) is 0 Å². The Morgan fingerprint density at radius 2 is 2.17 bits per heavy atom. The fourth-order valence-corrected chi connectivity index (χ4v) is 2.58. The first-order chi connectivity index (χ1) is 8.27. The molecule has 0 aromatic rings. The average molecular weight is 255 g/mol. The number of hydrogen-bond donors (Lipinski definition) is 0. The van der Waals surface area contributed by atoms with Gasteiger partial charge in [0.05, 0.1) is 12.2 Å². The molecule has 0 aromatic carbocycles. The van der Waals surface area contributed by atoms with E-state index in [9.17, 15) is 4.79 Å². The summed E-state index contributed by atoms with van der Waals surface area (Å²) in [5.41, 5.74) is -0.322. The van der Waals surface area contributed by atoms with E-state index < -0.39 is 5.60 Å². The lowest BCUT2D eigenvalue weighted by Gasteiger charge is -2.34. The highest BCUT2D eigenvalue weighted by atomic mass is 16.6. The molecule has 104 valence electrons. The molecule has 2 rings (SSSR count). The van der Waals surface area contributed by atoms with Gasteiger partial charge in [0.25, 0.3) is 0 Å². The maximum Gasteiger partial charge on any atom is 0.410 e. The number of carbonyl (C=O) groups excluding carboxylic acids is 1. The van der Waals surface area contributed by atoms with E-state index in [2.05, 4.69) is 6.92 Å². The number of ether oxygens (including phenoxy) is 2. The number of likely N-dealkylation sites (tertiary alicyclic amines) is 1. The van der Waals surface area contributed by atoms with E-state index in [4.69, 9.17) is 9.47 Å². The number of amides is 1. The van der Waals surface area contributed by atoms with Crippen LogP contribution in [0.4, 0.5) is 4.79 Å². The number of nitrogens with zero attached hydrogens (tertiary/aromatic N) is 1. The quantitative estimate of drug-likeness (QED) is 0.712. The minimum atomic E-state index is -0.407. The monoisotopic (exact) mass is 255 g/mol. The van der Waals surface area contributed by atoms with Crippen molar-refractivity contribution in [2.75, 3.05) is 19.7 Å². The lowest BCUT2D eigenvalue weighted by molar-refractivity contribution is 0.0149. The molecule has 4 nitrogen and oxygen atoms in total. The molecular weight excluding hydrogens is 230 g/mol. The van der Waals surface area contributed by atoms with E-state index in [0.717, 1.165) is 32.5 Å². The van der Waals surface area contributed by atoms with Crippen molar-refractivity contribution in [2.45, 2.75) is 58.2 Å². The normalized spacial score (nSPS) is 32.2. The van der Waals surface area contributed by atoms with Crippen LogP contribution in [-0.4, -0.2) is 41.9 Å². The maximum atomic E-state index is 12.0. The third-order valence-corrected chi connectivity index (χ3v) is 3.53. The lowest BCUT2D eigenvalue weighted by atomic mass is 9.89. The number of rotatable bonds is 2. The van der Waals surface area contributed by atoms with E-state index >= 15 is 0 Å². The molecule has 2 aliphatic heterocycles. The van der Waals surface area contributed by atoms with Crippen LogP contribution in [0, 0.1) is 5.92 Å². The predicted molar refractivity (Wildman–Crippen MR) is 69.5 cm³/mol. The van der Waals surface area contributed by atoms with Gasteiger partial charge in [0.15, 0.2) is 0 Å². The Morgan fingerprint density at radius 1 is 1.50 bits per heavy atom. The van der Waals surface area contributed by atoms with E-state index in [0.29, 0.717) is 5.92 Å². The van der Waals surface area contributed by atoms with Crippen LogP contribution in [0.2, 0.25) is 0 Å². The molecule has 2 heterocycles. The Bertz CT molecular complexity index is 317. The van der Waals surface area contributed by atoms with Crippen molar-refractivity contribution in [2.24, 2.45) is 5.92 Å². The summed E-state index contributed by atoms with van der Waals surface area (Å²) in [4.78, 5) is 13.9. The molecule has 0 radical (unpaired) electrons. The highest BCUT2D eigenvalue weighted by molar-refractivity contribution is 5.68. The van der Waals surface area contributed by atoms with Gasteiger partial charge in [-0.05, 0) is 52.9 Å². The zero-order valence-corrected chi connectivity index (χ0v) is 12.0. The smallest absolute Gasteiger partial charge is 0.410 e. The molecule has 2 aliphatic rings. The SMILES string of the molecule is CC(C)(C)OC(=O)N1CCC[C@@H](CC2(C)CO2)C1. The van der Waals surface area contributed by atoms with Crippen LogP contribution in [-0.2, 0) is 9.47 Å². The van der Waals surface area contributed by atoms with Crippen molar-refractivity contribution in [3.05, 3.63) is 0 Å². The van der Waals surface area contributed by atoms with Crippen LogP contribution in [0.1, 0.15) is 47.0 Å². The van der Waals surface area contributed by atoms with Crippen LogP contribution < -0.4 is 0 Å². The largest absolute Gasteiger partial charge is 0.444 e. The third kappa shape index (κ3) is 3.87. The van der Waals surface area contributed by atoms with Gasteiger partial charge in [0.1, 0.15) is 5.60 Å². The second-order valence-corrected chi connectivity index (χ2v) is 6.88. The first-order valence-corrected chi connectivity index (χ1v) is 6.89. The molecule has 0 saturated carbocycles. The average Bonchev–Trinajstić information content (AvgIpc) is 2.94. The molecule has 2 atom stereocenters. The first-order valence-electron chi connectivity index (χ1n) is 6.89. The van der Waals surface area contributed by atoms with Crippen LogP contribution >= 0.6 is 0 Å². The molecule has 4 heteroatoms. The van der Waals surface area contributed by atoms with Gasteiger partial charge in [-0.25, -0.2) is 4.79 Å². The molecule has 1 amide bonds. The molecule has 0 aliphatic carbocycles. The standard InChI is InChI=1S/C14H25NO3/c1-13(2,3)18-12(16)15-7-5-6-11(9-15)8-14(4)10-17-14/h11H,5-10H2,1-4H3/t11-,14?/m0/s1. The van der Waals surface area contributed by atoms with Crippen molar-refractivity contribution in [1.29, 1.82) is 0 Å². The van der Waals surface area contributed by atoms with E-state index in [-0.39, 0.29) is 11.7 Å². The Hall–Kier alpha value is -0.770. The minimum Gasteiger partial charge on any atom is -0.444 e. The summed E-state index contributed by atoms with van der Waals surface area (Å²) in [5, 5.41) is 0. The van der Waals surface area contributed by atoms with Crippen molar-refractivity contribution in [3.63, 3.8) is 0 Å². The Kier molecular flexibility index (Phi) is 3.58. The van der Waals surface area contributed by atoms with E-state index in [1.807, 2.05) is 25.7 Å². The highest BCUT2D eigenvalue weighted by Gasteiger charge is 2.42. The fraction of sp³-hybridized carbons (Fsp3) is 0.929. The van der Waals surface area contributed by atoms with Gasteiger partial charge in [0, 0.05) is 13.1 Å². The zero-order chi connectivity index (χ0) is 13.4. The molecule has 0 bridgehead atoms. The third-order valence-electron chi connectivity index (χ3n) is 3.53. The second-order valence-electron chi connectivity index (χ2n) is 6.88. The Morgan fingerprint density at radius 3 is 2.72 bits per heavy atom. The molecule has 18 heavy (non-hydrogen) atoms. The first kappa shape index (κ1) is 13.7. The summed E-state index contributed by atoms with van der Waals surface area (Å²) in [6, 6.07) is 0. The van der Waals surface area contributed by atoms with Gasteiger partial charge in [-0.2, -0.15) is 0 Å². The topological polar surface area (TPSA) is 42.1 Å². The summed E-state index contributed by atoms with van der Waals surface area (Å²) >= 11 is 0. The van der Waals surface area contributed by atoms with E-state index in [1.54, 1.807) is 0 Å². The summed E-state index contributed by atoms with van der Waals surface area (Å²) in [7, 11) is 0. The van der Waals surface area contributed by atoms with Crippen molar-refractivity contribution in [3.8, 4) is 0 Å². The molecule has 1 unspecified atom stereocenters. The molecule has 0 spiro atoms. The molecular formula is C14H25NO3. The van der Waals surface area contributed by atoms with Crippen LogP contribution in [0.5, 0.6) is 0 Å². The maximum absolute atomic E-state index is 12.0. The summed E-state index contributed by atoms with van der Waals surface area (Å²) < 4.78 is 10.9. The van der Waals surface area contributed by atoms with Crippen LogP contribution in [0.3, 0.4) is 0 Å². The summed E-state index contributed by atoms with van der Waals surface area (Å²) in [5.74, 6) is 0.554. The Balaban J connectivity index is 1.84. The van der Waals surface area contributed by atoms with Gasteiger partial charge < -0.3 is 14.4 Å². The van der Waals surface area contributed by atoms with Crippen molar-refractivity contribution in [1.82, 2.24) is 4.90 Å². The lowest BCUT2D eigenvalue weighted by Crippen LogP contribution is -2.43. The fourth-order valence-electron chi connectivity index (χ4n) is 2.58. The second kappa shape index (κ2) is 4.72. The van der Waals surface area contributed by atoms with Crippen LogP contribution in [0.15, 0.2) is 0 Å².